The lowest BCUT2D eigenvalue weighted by atomic mass is 9.86. The van der Waals surface area contributed by atoms with Crippen molar-refractivity contribution in [2.45, 2.75) is 39.8 Å². The predicted molar refractivity (Wildman–Crippen MR) is 123 cm³/mol. The average molecular weight is 511 g/mol. The van der Waals surface area contributed by atoms with E-state index in [9.17, 15) is 27.9 Å². The van der Waals surface area contributed by atoms with Crippen LogP contribution in [-0.2, 0) is 11.4 Å². The summed E-state index contributed by atoms with van der Waals surface area (Å²) in [6, 6.07) is 8.49. The lowest BCUT2D eigenvalue weighted by Gasteiger charge is -2.28. The minimum Gasteiger partial charge on any atom is -0.487 e. The largest absolute Gasteiger partial charge is 0.573 e. The molecule has 0 fully saturated rings. The van der Waals surface area contributed by atoms with Crippen molar-refractivity contribution in [1.29, 1.82) is 0 Å². The van der Waals surface area contributed by atoms with Gasteiger partial charge in [-0.05, 0) is 35.2 Å². The number of amides is 1. The van der Waals surface area contributed by atoms with Gasteiger partial charge < -0.3 is 19.9 Å². The third-order valence-corrected chi connectivity index (χ3v) is 5.20. The first-order valence-electron chi connectivity index (χ1n) is 10.3. The summed E-state index contributed by atoms with van der Waals surface area (Å²) >= 11 is 6.04. The predicted octanol–water partition coefficient (Wildman–Crippen LogP) is 5.59. The Labute approximate surface area is 203 Å². The quantitative estimate of drug-likeness (QED) is 0.402. The number of alkyl halides is 3. The molecule has 0 aliphatic carbocycles. The molecule has 0 radical (unpaired) electrons. The number of nitrogens with zero attached hydrogens (tertiary/aromatic N) is 1. The molecule has 0 bridgehead atoms. The Kier molecular flexibility index (Phi) is 7.44. The number of benzene rings is 2. The van der Waals surface area contributed by atoms with E-state index in [-0.39, 0.29) is 28.8 Å². The van der Waals surface area contributed by atoms with Crippen molar-refractivity contribution in [2.75, 3.05) is 0 Å². The highest BCUT2D eigenvalue weighted by atomic mass is 35.5. The number of halogens is 4. The number of pyridine rings is 1. The van der Waals surface area contributed by atoms with Gasteiger partial charge in [-0.3, -0.25) is 4.79 Å². The van der Waals surface area contributed by atoms with Crippen LogP contribution in [0.25, 0.3) is 10.8 Å². The first kappa shape index (κ1) is 26.1. The zero-order chi connectivity index (χ0) is 26.0. The van der Waals surface area contributed by atoms with E-state index in [0.29, 0.717) is 16.3 Å². The summed E-state index contributed by atoms with van der Waals surface area (Å²) in [6.07, 6.45) is -3.32. The number of ether oxygens (including phenoxy) is 2. The molecule has 0 aliphatic heterocycles. The van der Waals surface area contributed by atoms with Crippen molar-refractivity contribution in [1.82, 2.24) is 10.3 Å². The SMILES string of the molecule is CC(C)(C)C(NC(=O)c1ccc2cnc(Cl)cc2c1OCc1ccc(OC(F)(F)F)cc1)C(=O)O. The highest BCUT2D eigenvalue weighted by Gasteiger charge is 2.34. The van der Waals surface area contributed by atoms with Crippen LogP contribution in [-0.4, -0.2) is 34.4 Å². The summed E-state index contributed by atoms with van der Waals surface area (Å²) < 4.78 is 47.0. The number of nitrogens with one attached hydrogen (secondary N) is 1. The number of fused-ring (bicyclic) bond motifs is 1. The number of carboxylic acids is 1. The first-order chi connectivity index (χ1) is 16.2. The number of aliphatic carboxylic acids is 1. The van der Waals surface area contributed by atoms with Crippen LogP contribution in [0.5, 0.6) is 11.5 Å². The molecule has 1 aromatic heterocycles. The molecule has 3 aromatic rings. The van der Waals surface area contributed by atoms with Crippen molar-refractivity contribution in [3.63, 3.8) is 0 Å². The molecule has 11 heteroatoms. The highest BCUT2D eigenvalue weighted by molar-refractivity contribution is 6.30. The molecular formula is C24H22ClF3N2O5. The molecule has 1 amide bonds. The van der Waals surface area contributed by atoms with E-state index >= 15 is 0 Å². The molecular weight excluding hydrogens is 489 g/mol. The van der Waals surface area contributed by atoms with Gasteiger partial charge >= 0.3 is 12.3 Å². The van der Waals surface area contributed by atoms with Crippen LogP contribution >= 0.6 is 11.6 Å². The molecule has 35 heavy (non-hydrogen) atoms. The Morgan fingerprint density at radius 2 is 1.77 bits per heavy atom. The number of hydrogen-bond donors (Lipinski definition) is 2. The van der Waals surface area contributed by atoms with Crippen molar-refractivity contribution < 1.29 is 37.3 Å². The van der Waals surface area contributed by atoms with Crippen LogP contribution in [0.3, 0.4) is 0 Å². The summed E-state index contributed by atoms with van der Waals surface area (Å²) in [6.45, 7) is 4.94. The molecule has 2 N–H and O–H groups in total. The topological polar surface area (TPSA) is 97.8 Å². The molecule has 1 heterocycles. The Balaban J connectivity index is 1.94. The van der Waals surface area contributed by atoms with Gasteiger partial charge in [0.15, 0.2) is 0 Å². The Morgan fingerprint density at radius 1 is 1.11 bits per heavy atom. The fraction of sp³-hybridized carbons (Fsp3) is 0.292. The van der Waals surface area contributed by atoms with Gasteiger partial charge in [-0.25, -0.2) is 9.78 Å². The van der Waals surface area contributed by atoms with E-state index < -0.39 is 29.7 Å². The lowest BCUT2D eigenvalue weighted by molar-refractivity contribution is -0.274. The van der Waals surface area contributed by atoms with Gasteiger partial charge in [-0.1, -0.05) is 50.6 Å². The molecule has 7 nitrogen and oxygen atoms in total. The highest BCUT2D eigenvalue weighted by Crippen LogP contribution is 2.33. The third-order valence-electron chi connectivity index (χ3n) is 4.99. The van der Waals surface area contributed by atoms with Gasteiger partial charge in [0.2, 0.25) is 0 Å². The number of carboxylic acid groups (broad SMARTS) is 1. The van der Waals surface area contributed by atoms with Gasteiger partial charge in [0.05, 0.1) is 5.56 Å². The molecule has 0 saturated heterocycles. The summed E-state index contributed by atoms with van der Waals surface area (Å²) in [4.78, 5) is 28.9. The number of carbonyl (C=O) groups excluding carboxylic acids is 1. The van der Waals surface area contributed by atoms with Crippen molar-refractivity contribution in [3.8, 4) is 11.5 Å². The van der Waals surface area contributed by atoms with Gasteiger partial charge in [0, 0.05) is 17.0 Å². The number of aromatic nitrogens is 1. The number of rotatable bonds is 7. The zero-order valence-electron chi connectivity index (χ0n) is 18.9. The van der Waals surface area contributed by atoms with Crippen LogP contribution in [0.2, 0.25) is 5.15 Å². The molecule has 2 aromatic carbocycles. The smallest absolute Gasteiger partial charge is 0.487 e. The summed E-state index contributed by atoms with van der Waals surface area (Å²) in [5, 5.41) is 13.3. The molecule has 0 spiro atoms. The van der Waals surface area contributed by atoms with Gasteiger partial charge in [0.1, 0.15) is 29.3 Å². The first-order valence-corrected chi connectivity index (χ1v) is 10.7. The van der Waals surface area contributed by atoms with Crippen LogP contribution < -0.4 is 14.8 Å². The molecule has 0 aliphatic rings. The maximum absolute atomic E-state index is 13.1. The van der Waals surface area contributed by atoms with Crippen LogP contribution in [0.4, 0.5) is 13.2 Å². The van der Waals surface area contributed by atoms with E-state index in [1.165, 1.54) is 30.5 Å². The maximum atomic E-state index is 13.1. The van der Waals surface area contributed by atoms with E-state index in [1.807, 2.05) is 0 Å². The van der Waals surface area contributed by atoms with Gasteiger partial charge in [0.25, 0.3) is 5.91 Å². The molecule has 3 rings (SSSR count). The van der Waals surface area contributed by atoms with Crippen LogP contribution in [0, 0.1) is 5.41 Å². The summed E-state index contributed by atoms with van der Waals surface area (Å²) in [7, 11) is 0. The van der Waals surface area contributed by atoms with E-state index in [1.54, 1.807) is 26.8 Å². The monoisotopic (exact) mass is 510 g/mol. The normalized spacial score (nSPS) is 12.8. The summed E-state index contributed by atoms with van der Waals surface area (Å²) in [5.74, 6) is -2.13. The fourth-order valence-electron chi connectivity index (χ4n) is 3.30. The van der Waals surface area contributed by atoms with Crippen molar-refractivity contribution in [3.05, 3.63) is 64.9 Å². The van der Waals surface area contributed by atoms with E-state index in [4.69, 9.17) is 16.3 Å². The van der Waals surface area contributed by atoms with Crippen LogP contribution in [0.15, 0.2) is 48.7 Å². The minimum absolute atomic E-state index is 0.0623. The van der Waals surface area contributed by atoms with E-state index in [0.717, 1.165) is 12.1 Å². The Bertz CT molecular complexity index is 1240. The Hall–Kier alpha value is -3.53. The molecule has 1 atom stereocenters. The number of hydrogen-bond acceptors (Lipinski definition) is 5. The molecule has 186 valence electrons. The fourth-order valence-corrected chi connectivity index (χ4v) is 3.46. The third kappa shape index (κ3) is 6.75. The van der Waals surface area contributed by atoms with Gasteiger partial charge in [-0.2, -0.15) is 0 Å². The molecule has 0 saturated carbocycles. The zero-order valence-corrected chi connectivity index (χ0v) is 19.7. The second-order valence-corrected chi connectivity index (χ2v) is 9.15. The van der Waals surface area contributed by atoms with Crippen molar-refractivity contribution in [2.24, 2.45) is 5.41 Å². The van der Waals surface area contributed by atoms with Crippen LogP contribution in [0.1, 0.15) is 36.7 Å². The Morgan fingerprint density at radius 3 is 2.34 bits per heavy atom. The second-order valence-electron chi connectivity index (χ2n) is 8.76. The number of carbonyl (C=O) groups is 2. The van der Waals surface area contributed by atoms with Gasteiger partial charge in [-0.15, -0.1) is 13.2 Å². The van der Waals surface area contributed by atoms with E-state index in [2.05, 4.69) is 15.0 Å². The summed E-state index contributed by atoms with van der Waals surface area (Å²) in [5.41, 5.74) is -0.208. The standard InChI is InChI=1S/C24H22ClF3N2O5/c1-23(2,3)20(22(32)33)30-21(31)16-9-6-14-11-29-18(25)10-17(14)19(16)34-12-13-4-7-15(8-5-13)35-24(26,27)28/h4-11,20H,12H2,1-3H3,(H,30,31)(H,32,33). The minimum atomic E-state index is -4.81. The maximum Gasteiger partial charge on any atom is 0.573 e. The molecule has 1 unspecified atom stereocenters. The average Bonchev–Trinajstić information content (AvgIpc) is 2.74. The van der Waals surface area contributed by atoms with Crippen molar-refractivity contribution >= 4 is 34.2 Å². The lowest BCUT2D eigenvalue weighted by Crippen LogP contribution is -2.49. The second kappa shape index (κ2) is 9.99.